The summed E-state index contributed by atoms with van der Waals surface area (Å²) in [7, 11) is 0. The fourth-order valence-corrected chi connectivity index (χ4v) is 2.49. The van der Waals surface area contributed by atoms with Crippen molar-refractivity contribution in [3.8, 4) is 0 Å². The van der Waals surface area contributed by atoms with Crippen molar-refractivity contribution < 1.29 is 14.7 Å². The summed E-state index contributed by atoms with van der Waals surface area (Å²) < 4.78 is 0. The molecular formula is C14H24N2O3. The molecule has 1 aliphatic heterocycles. The average Bonchev–Trinajstić information content (AvgIpc) is 3.19. The first-order valence-corrected chi connectivity index (χ1v) is 7.37. The fourth-order valence-electron chi connectivity index (χ4n) is 2.49. The third-order valence-corrected chi connectivity index (χ3v) is 3.91. The fraction of sp³-hybridized carbons (Fsp3) is 0.857. The summed E-state index contributed by atoms with van der Waals surface area (Å²) in [5.74, 6) is -0.168. The van der Waals surface area contributed by atoms with E-state index in [1.165, 1.54) is 0 Å². The quantitative estimate of drug-likeness (QED) is 0.787. The molecule has 2 amide bonds. The molecule has 2 fully saturated rings. The molecule has 2 N–H and O–H groups in total. The number of nitrogens with zero attached hydrogens (tertiary/aromatic N) is 1. The van der Waals surface area contributed by atoms with Crippen LogP contribution in [-0.4, -0.2) is 47.1 Å². The van der Waals surface area contributed by atoms with Crippen LogP contribution in [0.5, 0.6) is 0 Å². The SMILES string of the molecule is CC(O)C(NC(=O)C1CC1)C(=O)N1CCCCCC1. The number of carbonyl (C=O) groups excluding carboxylic acids is 2. The monoisotopic (exact) mass is 268 g/mol. The number of amides is 2. The third kappa shape index (κ3) is 3.93. The van der Waals surface area contributed by atoms with Crippen LogP contribution in [0.1, 0.15) is 45.4 Å². The van der Waals surface area contributed by atoms with Crippen LogP contribution in [0.2, 0.25) is 0 Å². The van der Waals surface area contributed by atoms with Crippen molar-refractivity contribution in [2.75, 3.05) is 13.1 Å². The van der Waals surface area contributed by atoms with Crippen molar-refractivity contribution >= 4 is 11.8 Å². The minimum Gasteiger partial charge on any atom is -0.391 e. The van der Waals surface area contributed by atoms with E-state index in [-0.39, 0.29) is 17.7 Å². The van der Waals surface area contributed by atoms with Gasteiger partial charge in [0.2, 0.25) is 11.8 Å². The van der Waals surface area contributed by atoms with E-state index in [4.69, 9.17) is 0 Å². The topological polar surface area (TPSA) is 69.6 Å². The number of nitrogens with one attached hydrogen (secondary N) is 1. The Hall–Kier alpha value is -1.10. The van der Waals surface area contributed by atoms with Gasteiger partial charge in [-0.2, -0.15) is 0 Å². The summed E-state index contributed by atoms with van der Waals surface area (Å²) in [6, 6.07) is -0.786. The normalized spacial score (nSPS) is 23.4. The van der Waals surface area contributed by atoms with Gasteiger partial charge in [-0.25, -0.2) is 0 Å². The number of likely N-dealkylation sites (tertiary alicyclic amines) is 1. The molecule has 1 heterocycles. The zero-order chi connectivity index (χ0) is 13.8. The lowest BCUT2D eigenvalue weighted by Crippen LogP contribution is -2.54. The molecule has 0 spiro atoms. The first-order chi connectivity index (χ1) is 9.09. The smallest absolute Gasteiger partial charge is 0.247 e. The maximum absolute atomic E-state index is 12.4. The maximum Gasteiger partial charge on any atom is 0.247 e. The van der Waals surface area contributed by atoms with Crippen molar-refractivity contribution in [1.29, 1.82) is 0 Å². The Balaban J connectivity index is 1.95. The highest BCUT2D eigenvalue weighted by molar-refractivity contribution is 5.89. The molecule has 0 aromatic carbocycles. The van der Waals surface area contributed by atoms with Crippen molar-refractivity contribution in [2.24, 2.45) is 5.92 Å². The Morgan fingerprint density at radius 2 is 1.74 bits per heavy atom. The molecule has 1 saturated carbocycles. The van der Waals surface area contributed by atoms with Crippen LogP contribution in [0.15, 0.2) is 0 Å². The number of carbonyl (C=O) groups is 2. The van der Waals surface area contributed by atoms with Crippen molar-refractivity contribution in [3.63, 3.8) is 0 Å². The molecule has 1 aliphatic carbocycles. The summed E-state index contributed by atoms with van der Waals surface area (Å²) in [6.07, 6.45) is 5.27. The molecular weight excluding hydrogens is 244 g/mol. The van der Waals surface area contributed by atoms with Gasteiger partial charge in [0.15, 0.2) is 0 Å². The molecule has 5 nitrogen and oxygen atoms in total. The van der Waals surface area contributed by atoms with Crippen LogP contribution in [0.4, 0.5) is 0 Å². The third-order valence-electron chi connectivity index (χ3n) is 3.91. The lowest BCUT2D eigenvalue weighted by molar-refractivity contribution is -0.139. The lowest BCUT2D eigenvalue weighted by Gasteiger charge is -2.28. The molecule has 19 heavy (non-hydrogen) atoms. The van der Waals surface area contributed by atoms with Gasteiger partial charge in [-0.1, -0.05) is 12.8 Å². The predicted octanol–water partition coefficient (Wildman–Crippen LogP) is 0.665. The van der Waals surface area contributed by atoms with E-state index >= 15 is 0 Å². The number of rotatable bonds is 4. The zero-order valence-electron chi connectivity index (χ0n) is 11.6. The zero-order valence-corrected chi connectivity index (χ0v) is 11.6. The van der Waals surface area contributed by atoms with Crippen molar-refractivity contribution in [2.45, 2.75) is 57.6 Å². The highest BCUT2D eigenvalue weighted by Gasteiger charge is 2.35. The molecule has 1 saturated heterocycles. The molecule has 2 unspecified atom stereocenters. The number of hydrogen-bond acceptors (Lipinski definition) is 3. The molecule has 0 aromatic heterocycles. The largest absolute Gasteiger partial charge is 0.391 e. The molecule has 108 valence electrons. The van der Waals surface area contributed by atoms with E-state index in [1.807, 2.05) is 0 Å². The van der Waals surface area contributed by atoms with E-state index in [0.717, 1.165) is 51.6 Å². The highest BCUT2D eigenvalue weighted by atomic mass is 16.3. The van der Waals surface area contributed by atoms with Gasteiger partial charge >= 0.3 is 0 Å². The van der Waals surface area contributed by atoms with Crippen LogP contribution < -0.4 is 5.32 Å². The van der Waals surface area contributed by atoms with E-state index < -0.39 is 12.1 Å². The molecule has 2 atom stereocenters. The Labute approximate surface area is 114 Å². The van der Waals surface area contributed by atoms with E-state index in [1.54, 1.807) is 11.8 Å². The van der Waals surface area contributed by atoms with E-state index in [9.17, 15) is 14.7 Å². The Kier molecular flexibility index (Phi) is 4.80. The van der Waals surface area contributed by atoms with Gasteiger partial charge in [-0.15, -0.1) is 0 Å². The maximum atomic E-state index is 12.4. The lowest BCUT2D eigenvalue weighted by atomic mass is 10.1. The summed E-state index contributed by atoms with van der Waals surface area (Å²) >= 11 is 0. The molecule has 5 heteroatoms. The van der Waals surface area contributed by atoms with Gasteiger partial charge < -0.3 is 15.3 Å². The predicted molar refractivity (Wildman–Crippen MR) is 71.4 cm³/mol. The number of hydrogen-bond donors (Lipinski definition) is 2. The van der Waals surface area contributed by atoms with E-state index in [0.29, 0.717) is 0 Å². The molecule has 2 aliphatic rings. The first kappa shape index (κ1) is 14.3. The Morgan fingerprint density at radius 1 is 1.16 bits per heavy atom. The standard InChI is InChI=1S/C14H24N2O3/c1-10(17)12(15-13(18)11-6-7-11)14(19)16-8-4-2-3-5-9-16/h10-12,17H,2-9H2,1H3,(H,15,18). The van der Waals surface area contributed by atoms with Crippen LogP contribution in [0.3, 0.4) is 0 Å². The summed E-state index contributed by atoms with van der Waals surface area (Å²) in [5.41, 5.74) is 0. The molecule has 0 bridgehead atoms. The second-order valence-electron chi connectivity index (χ2n) is 5.74. The van der Waals surface area contributed by atoms with Crippen molar-refractivity contribution in [3.05, 3.63) is 0 Å². The number of aliphatic hydroxyl groups is 1. The first-order valence-electron chi connectivity index (χ1n) is 7.37. The molecule has 0 aromatic rings. The van der Waals surface area contributed by atoms with Crippen molar-refractivity contribution in [1.82, 2.24) is 10.2 Å². The second kappa shape index (κ2) is 6.37. The van der Waals surface area contributed by atoms with E-state index in [2.05, 4.69) is 5.32 Å². The summed E-state index contributed by atoms with van der Waals surface area (Å²) in [4.78, 5) is 26.0. The Morgan fingerprint density at radius 3 is 2.21 bits per heavy atom. The Bertz CT molecular complexity index is 332. The van der Waals surface area contributed by atoms with Gasteiger partial charge in [-0.3, -0.25) is 9.59 Å². The number of aliphatic hydroxyl groups excluding tert-OH is 1. The van der Waals surface area contributed by atoms with Gasteiger partial charge in [0.25, 0.3) is 0 Å². The van der Waals surface area contributed by atoms with Gasteiger partial charge in [0.1, 0.15) is 6.04 Å². The van der Waals surface area contributed by atoms with Gasteiger partial charge in [0, 0.05) is 19.0 Å². The van der Waals surface area contributed by atoms with Crippen LogP contribution in [-0.2, 0) is 9.59 Å². The summed E-state index contributed by atoms with van der Waals surface area (Å²) in [6.45, 7) is 3.04. The van der Waals surface area contributed by atoms with Crippen LogP contribution in [0, 0.1) is 5.92 Å². The van der Waals surface area contributed by atoms with Crippen LogP contribution >= 0.6 is 0 Å². The highest BCUT2D eigenvalue weighted by Crippen LogP contribution is 2.29. The minimum absolute atomic E-state index is 0.0539. The van der Waals surface area contributed by atoms with Gasteiger partial charge in [-0.05, 0) is 32.6 Å². The second-order valence-corrected chi connectivity index (χ2v) is 5.74. The molecule has 0 radical (unpaired) electrons. The van der Waals surface area contributed by atoms with Gasteiger partial charge in [0.05, 0.1) is 6.10 Å². The average molecular weight is 268 g/mol. The minimum atomic E-state index is -0.849. The molecule has 2 rings (SSSR count). The van der Waals surface area contributed by atoms with Crippen LogP contribution in [0.25, 0.3) is 0 Å². The summed E-state index contributed by atoms with van der Waals surface area (Å²) in [5, 5.41) is 12.5.